The number of para-hydroxylation sites is 1. The van der Waals surface area contributed by atoms with Gasteiger partial charge in [-0.15, -0.1) is 10.2 Å². The molecule has 2 aromatic heterocycles. The highest BCUT2D eigenvalue weighted by Crippen LogP contribution is 2.24. The summed E-state index contributed by atoms with van der Waals surface area (Å²) in [5.74, 6) is 1.26. The SMILES string of the molecule is Cc1cc(=O)c(C(=O)Nc2ccc(-c3nnc4n3CCCCC4)cc2)nn1-c1ccccc1Cl. The summed E-state index contributed by atoms with van der Waals surface area (Å²) in [7, 11) is 0. The lowest BCUT2D eigenvalue weighted by Gasteiger charge is -2.13. The minimum atomic E-state index is -0.588. The summed E-state index contributed by atoms with van der Waals surface area (Å²) in [4.78, 5) is 25.4. The third-order valence-electron chi connectivity index (χ3n) is 5.91. The van der Waals surface area contributed by atoms with Crippen LogP contribution >= 0.6 is 11.6 Å². The number of hydrogen-bond acceptors (Lipinski definition) is 5. The number of amides is 1. The van der Waals surface area contributed by atoms with Crippen molar-refractivity contribution in [1.82, 2.24) is 24.5 Å². The van der Waals surface area contributed by atoms with Crippen LogP contribution in [0.2, 0.25) is 5.02 Å². The fourth-order valence-electron chi connectivity index (χ4n) is 4.16. The van der Waals surface area contributed by atoms with Gasteiger partial charge in [0.05, 0.1) is 10.7 Å². The third kappa shape index (κ3) is 4.24. The van der Waals surface area contributed by atoms with E-state index in [1.807, 2.05) is 18.2 Å². The third-order valence-corrected chi connectivity index (χ3v) is 6.23. The van der Waals surface area contributed by atoms with Gasteiger partial charge < -0.3 is 9.88 Å². The van der Waals surface area contributed by atoms with Crippen LogP contribution in [0.1, 0.15) is 41.3 Å². The molecule has 1 aliphatic rings. The van der Waals surface area contributed by atoms with E-state index in [1.165, 1.54) is 17.2 Å². The Labute approximate surface area is 201 Å². The zero-order valence-corrected chi connectivity index (χ0v) is 19.4. The van der Waals surface area contributed by atoms with Crippen LogP contribution in [-0.4, -0.2) is 30.5 Å². The Morgan fingerprint density at radius 2 is 1.82 bits per heavy atom. The van der Waals surface area contributed by atoms with Gasteiger partial charge in [0.1, 0.15) is 5.82 Å². The molecule has 0 atom stereocenters. The summed E-state index contributed by atoms with van der Waals surface area (Å²) in [6.07, 6.45) is 4.38. The fraction of sp³-hybridized carbons (Fsp3) is 0.240. The Hall–Kier alpha value is -3.78. The van der Waals surface area contributed by atoms with Gasteiger partial charge in [-0.1, -0.05) is 30.2 Å². The Kier molecular flexibility index (Phi) is 5.98. The molecule has 34 heavy (non-hydrogen) atoms. The van der Waals surface area contributed by atoms with E-state index in [4.69, 9.17) is 11.6 Å². The smallest absolute Gasteiger partial charge is 0.280 e. The van der Waals surface area contributed by atoms with Crippen molar-refractivity contribution in [1.29, 1.82) is 0 Å². The number of aromatic nitrogens is 5. The average Bonchev–Trinajstić information content (AvgIpc) is 3.08. The molecule has 0 saturated heterocycles. The second kappa shape index (κ2) is 9.23. The van der Waals surface area contributed by atoms with Gasteiger partial charge in [0, 0.05) is 36.0 Å². The van der Waals surface area contributed by atoms with Crippen LogP contribution in [0.15, 0.2) is 59.4 Å². The predicted octanol–water partition coefficient (Wildman–Crippen LogP) is 4.43. The number of carbonyl (C=O) groups excluding carboxylic acids is 1. The average molecular weight is 475 g/mol. The monoisotopic (exact) mass is 474 g/mol. The lowest BCUT2D eigenvalue weighted by Crippen LogP contribution is -2.27. The van der Waals surface area contributed by atoms with Crippen LogP contribution in [0.4, 0.5) is 5.69 Å². The summed E-state index contributed by atoms with van der Waals surface area (Å²) in [6, 6.07) is 15.9. The first kappa shape index (κ1) is 22.0. The zero-order chi connectivity index (χ0) is 23.7. The van der Waals surface area contributed by atoms with E-state index < -0.39 is 11.3 Å². The van der Waals surface area contributed by atoms with Crippen molar-refractivity contribution < 1.29 is 4.79 Å². The first-order valence-corrected chi connectivity index (χ1v) is 11.6. The number of hydrogen-bond donors (Lipinski definition) is 1. The lowest BCUT2D eigenvalue weighted by atomic mass is 10.2. The van der Waals surface area contributed by atoms with Crippen molar-refractivity contribution in [2.75, 3.05) is 5.32 Å². The van der Waals surface area contributed by atoms with E-state index in [-0.39, 0.29) is 5.69 Å². The number of benzene rings is 2. The largest absolute Gasteiger partial charge is 0.320 e. The number of nitrogens with zero attached hydrogens (tertiary/aromatic N) is 5. The van der Waals surface area contributed by atoms with Crippen LogP contribution in [0.5, 0.6) is 0 Å². The van der Waals surface area contributed by atoms with E-state index in [9.17, 15) is 9.59 Å². The first-order valence-electron chi connectivity index (χ1n) is 11.2. The predicted molar refractivity (Wildman–Crippen MR) is 131 cm³/mol. The van der Waals surface area contributed by atoms with Gasteiger partial charge in [-0.05, 0) is 56.2 Å². The number of nitrogens with one attached hydrogen (secondary N) is 1. The van der Waals surface area contributed by atoms with Gasteiger partial charge in [0.25, 0.3) is 5.91 Å². The summed E-state index contributed by atoms with van der Waals surface area (Å²) >= 11 is 6.29. The van der Waals surface area contributed by atoms with Crippen LogP contribution in [-0.2, 0) is 13.0 Å². The number of anilines is 1. The van der Waals surface area contributed by atoms with Gasteiger partial charge in [0.15, 0.2) is 11.5 Å². The number of aryl methyl sites for hydroxylation is 2. The zero-order valence-electron chi connectivity index (χ0n) is 18.7. The molecule has 1 aliphatic heterocycles. The van der Waals surface area contributed by atoms with Crippen LogP contribution in [0, 0.1) is 6.92 Å². The number of halogens is 1. The normalized spacial score (nSPS) is 13.2. The molecule has 3 heterocycles. The molecule has 0 unspecified atom stereocenters. The molecule has 0 radical (unpaired) electrons. The fourth-order valence-corrected chi connectivity index (χ4v) is 4.38. The minimum Gasteiger partial charge on any atom is -0.320 e. The van der Waals surface area contributed by atoms with Gasteiger partial charge in [-0.3, -0.25) is 9.59 Å². The van der Waals surface area contributed by atoms with Gasteiger partial charge >= 0.3 is 0 Å². The minimum absolute atomic E-state index is 0.211. The molecular formula is C25H23ClN6O2. The molecule has 5 rings (SSSR count). The lowest BCUT2D eigenvalue weighted by molar-refractivity contribution is 0.101. The second-order valence-electron chi connectivity index (χ2n) is 8.30. The molecule has 0 bridgehead atoms. The van der Waals surface area contributed by atoms with Crippen molar-refractivity contribution in [3.63, 3.8) is 0 Å². The highest BCUT2D eigenvalue weighted by molar-refractivity contribution is 6.32. The Balaban J connectivity index is 1.39. The molecule has 1 amide bonds. The maximum absolute atomic E-state index is 12.9. The number of carbonyl (C=O) groups is 1. The quantitative estimate of drug-likeness (QED) is 0.472. The van der Waals surface area contributed by atoms with Gasteiger partial charge in [-0.25, -0.2) is 4.68 Å². The van der Waals surface area contributed by atoms with Gasteiger partial charge in [-0.2, -0.15) is 5.10 Å². The molecule has 1 N–H and O–H groups in total. The molecule has 0 spiro atoms. The summed E-state index contributed by atoms with van der Waals surface area (Å²) in [5.41, 5.74) is 1.97. The molecule has 9 heteroatoms. The Morgan fingerprint density at radius 1 is 1.03 bits per heavy atom. The van der Waals surface area contributed by atoms with E-state index in [2.05, 4.69) is 25.2 Å². The number of rotatable bonds is 4. The molecule has 0 saturated carbocycles. The summed E-state index contributed by atoms with van der Waals surface area (Å²) < 4.78 is 3.67. The highest BCUT2D eigenvalue weighted by atomic mass is 35.5. The molecule has 2 aromatic carbocycles. The summed E-state index contributed by atoms with van der Waals surface area (Å²) in [5, 5.41) is 16.3. The van der Waals surface area contributed by atoms with E-state index in [0.717, 1.165) is 43.0 Å². The maximum Gasteiger partial charge on any atom is 0.280 e. The van der Waals surface area contributed by atoms with Crippen LogP contribution in [0.25, 0.3) is 17.1 Å². The van der Waals surface area contributed by atoms with E-state index >= 15 is 0 Å². The molecule has 4 aromatic rings. The highest BCUT2D eigenvalue weighted by Gasteiger charge is 2.18. The first-order chi connectivity index (χ1) is 16.5. The Morgan fingerprint density at radius 3 is 2.62 bits per heavy atom. The molecule has 0 fully saturated rings. The maximum atomic E-state index is 12.9. The van der Waals surface area contributed by atoms with E-state index in [0.29, 0.717) is 22.1 Å². The second-order valence-corrected chi connectivity index (χ2v) is 8.70. The van der Waals surface area contributed by atoms with Crippen molar-refractivity contribution in [2.24, 2.45) is 0 Å². The van der Waals surface area contributed by atoms with Crippen molar-refractivity contribution >= 4 is 23.2 Å². The standard InChI is InChI=1S/C25H23ClN6O2/c1-16-15-21(33)23(30-32(16)20-8-5-4-7-19(20)26)25(34)27-18-12-10-17(11-13-18)24-29-28-22-9-3-2-6-14-31(22)24/h4-5,7-8,10-13,15H,2-3,6,9,14H2,1H3,(H,27,34). The van der Waals surface area contributed by atoms with Crippen LogP contribution in [0.3, 0.4) is 0 Å². The molecule has 8 nitrogen and oxygen atoms in total. The van der Waals surface area contributed by atoms with Crippen molar-refractivity contribution in [2.45, 2.75) is 39.2 Å². The Bertz CT molecular complexity index is 1420. The molecular weight excluding hydrogens is 452 g/mol. The topological polar surface area (TPSA) is 94.7 Å². The van der Waals surface area contributed by atoms with Crippen molar-refractivity contribution in [3.8, 4) is 17.1 Å². The van der Waals surface area contributed by atoms with Crippen molar-refractivity contribution in [3.05, 3.63) is 87.1 Å². The van der Waals surface area contributed by atoms with E-state index in [1.54, 1.807) is 37.3 Å². The molecule has 0 aliphatic carbocycles. The van der Waals surface area contributed by atoms with Gasteiger partial charge in [0.2, 0.25) is 5.43 Å². The van der Waals surface area contributed by atoms with Crippen LogP contribution < -0.4 is 10.7 Å². The number of fused-ring (bicyclic) bond motifs is 1. The summed E-state index contributed by atoms with van der Waals surface area (Å²) in [6.45, 7) is 2.65. The molecule has 172 valence electrons.